The van der Waals surface area contributed by atoms with Crippen LogP contribution in [0.1, 0.15) is 29.7 Å². The zero-order chi connectivity index (χ0) is 25.9. The maximum absolute atomic E-state index is 12.5. The molecule has 0 saturated carbocycles. The minimum Gasteiger partial charge on any atom is -0.370 e. The Morgan fingerprint density at radius 1 is 1.11 bits per heavy atom. The number of nitrogens with one attached hydrogen (secondary N) is 1. The number of oxime groups is 1. The normalized spacial score (nSPS) is 12.1. The number of amides is 1. The number of hydrogen-bond donors (Lipinski definition) is 2. The van der Waals surface area contributed by atoms with Gasteiger partial charge in [0, 0.05) is 47.6 Å². The molecular formula is C28H30Cl2N4O2. The fourth-order valence-corrected chi connectivity index (χ4v) is 4.31. The lowest BCUT2D eigenvalue weighted by molar-refractivity contribution is -0.122. The average Bonchev–Trinajstić information content (AvgIpc) is 2.90. The number of rotatable bonds is 12. The Morgan fingerprint density at radius 3 is 2.47 bits per heavy atom. The van der Waals surface area contributed by atoms with Gasteiger partial charge in [-0.15, -0.1) is 0 Å². The lowest BCUT2D eigenvalue weighted by Crippen LogP contribution is -2.39. The highest BCUT2D eigenvalue weighted by molar-refractivity contribution is 6.36. The van der Waals surface area contributed by atoms with Crippen molar-refractivity contribution in [2.24, 2.45) is 10.9 Å². The first kappa shape index (κ1) is 27.3. The highest BCUT2D eigenvalue weighted by atomic mass is 35.5. The van der Waals surface area contributed by atoms with Crippen LogP contribution in [0.4, 0.5) is 5.69 Å². The molecule has 36 heavy (non-hydrogen) atoms. The van der Waals surface area contributed by atoms with Gasteiger partial charge in [-0.3, -0.25) is 4.79 Å². The molecule has 0 aromatic heterocycles. The predicted molar refractivity (Wildman–Crippen MR) is 149 cm³/mol. The van der Waals surface area contributed by atoms with Gasteiger partial charge in [-0.2, -0.15) is 0 Å². The van der Waals surface area contributed by atoms with Gasteiger partial charge in [0.15, 0.2) is 5.76 Å². The van der Waals surface area contributed by atoms with Crippen molar-refractivity contribution in [3.05, 3.63) is 106 Å². The van der Waals surface area contributed by atoms with Crippen LogP contribution in [-0.4, -0.2) is 32.3 Å². The second-order valence-electron chi connectivity index (χ2n) is 8.00. The lowest BCUT2D eigenvalue weighted by atomic mass is 10.1. The molecule has 0 aliphatic carbocycles. The van der Waals surface area contributed by atoms with Gasteiger partial charge in [0.2, 0.25) is 5.91 Å². The van der Waals surface area contributed by atoms with Gasteiger partial charge >= 0.3 is 0 Å². The molecule has 8 heteroatoms. The molecule has 0 bridgehead atoms. The number of halogens is 2. The molecule has 3 aromatic rings. The van der Waals surface area contributed by atoms with Crippen molar-refractivity contribution in [1.82, 2.24) is 5.32 Å². The molecule has 0 heterocycles. The van der Waals surface area contributed by atoms with Gasteiger partial charge in [-0.05, 0) is 54.8 Å². The minimum absolute atomic E-state index is 0.208. The first-order chi connectivity index (χ1) is 17.4. The molecule has 3 rings (SSSR count). The Morgan fingerprint density at radius 2 is 1.81 bits per heavy atom. The summed E-state index contributed by atoms with van der Waals surface area (Å²) in [5, 5.41) is 7.72. The Kier molecular flexibility index (Phi) is 10.4. The Bertz CT molecular complexity index is 1180. The molecule has 3 aromatic carbocycles. The number of anilines is 1. The molecule has 1 atom stereocenters. The number of carbonyl (C=O) groups excluding carboxylic acids is 1. The van der Waals surface area contributed by atoms with Crippen LogP contribution < -0.4 is 16.0 Å². The summed E-state index contributed by atoms with van der Waals surface area (Å²) in [6, 6.07) is 21.9. The lowest BCUT2D eigenvalue weighted by Gasteiger charge is -2.24. The second-order valence-corrected chi connectivity index (χ2v) is 8.82. The Labute approximate surface area is 222 Å². The maximum Gasteiger partial charge on any atom is 0.241 e. The van der Waals surface area contributed by atoms with E-state index < -0.39 is 6.04 Å². The molecule has 1 unspecified atom stereocenters. The van der Waals surface area contributed by atoms with Crippen LogP contribution in [0.25, 0.3) is 5.76 Å². The summed E-state index contributed by atoms with van der Waals surface area (Å²) in [4.78, 5) is 20.1. The van der Waals surface area contributed by atoms with E-state index in [0.29, 0.717) is 35.3 Å². The molecule has 3 N–H and O–H groups in total. The number of carbonyl (C=O) groups is 1. The third kappa shape index (κ3) is 7.34. The maximum atomic E-state index is 12.5. The van der Waals surface area contributed by atoms with Crippen LogP contribution in [0.15, 0.2) is 84.0 Å². The van der Waals surface area contributed by atoms with E-state index in [0.717, 1.165) is 28.9 Å². The first-order valence-corrected chi connectivity index (χ1v) is 12.4. The van der Waals surface area contributed by atoms with Crippen molar-refractivity contribution in [2.45, 2.75) is 19.4 Å². The Hall–Kier alpha value is -3.32. The van der Waals surface area contributed by atoms with Crippen LogP contribution in [0.3, 0.4) is 0 Å². The average molecular weight is 525 g/mol. The summed E-state index contributed by atoms with van der Waals surface area (Å²) in [6.07, 6.45) is 2.35. The molecule has 1 amide bonds. The number of nitrogens with zero attached hydrogens (tertiary/aromatic N) is 2. The number of allylic oxidation sites excluding steroid dienone is 1. The topological polar surface area (TPSA) is 80.0 Å². The zero-order valence-corrected chi connectivity index (χ0v) is 21.7. The molecule has 0 radical (unpaired) electrons. The fourth-order valence-electron chi connectivity index (χ4n) is 3.76. The SMILES string of the molecule is C=NO/C(=C\Cc1c(Cl)cccc1Cl)c1cccc(N(CC)CCNC(=O)C(N)c2ccccc2)c1. The molecule has 0 aliphatic heterocycles. The van der Waals surface area contributed by atoms with Crippen LogP contribution in [0.5, 0.6) is 0 Å². The summed E-state index contributed by atoms with van der Waals surface area (Å²) in [7, 11) is 0. The van der Waals surface area contributed by atoms with E-state index in [1.807, 2.05) is 60.7 Å². The highest BCUT2D eigenvalue weighted by Gasteiger charge is 2.16. The minimum atomic E-state index is -0.701. The summed E-state index contributed by atoms with van der Waals surface area (Å²) < 4.78 is 0. The Balaban J connectivity index is 1.69. The number of likely N-dealkylation sites (N-methyl/N-ethyl adjacent to an activating group) is 1. The molecule has 0 fully saturated rings. The van der Waals surface area contributed by atoms with E-state index in [2.05, 4.69) is 29.0 Å². The smallest absolute Gasteiger partial charge is 0.241 e. The van der Waals surface area contributed by atoms with Crippen LogP contribution >= 0.6 is 23.2 Å². The fraction of sp³-hybridized carbons (Fsp3) is 0.214. The van der Waals surface area contributed by atoms with Gasteiger partial charge < -0.3 is 20.8 Å². The number of hydrogen-bond acceptors (Lipinski definition) is 5. The van der Waals surface area contributed by atoms with E-state index in [9.17, 15) is 4.79 Å². The second kappa shape index (κ2) is 13.7. The summed E-state index contributed by atoms with van der Waals surface area (Å²) in [5.74, 6) is 0.334. The third-order valence-electron chi connectivity index (χ3n) is 5.72. The third-order valence-corrected chi connectivity index (χ3v) is 6.42. The van der Waals surface area contributed by atoms with E-state index in [4.69, 9.17) is 33.8 Å². The molecule has 6 nitrogen and oxygen atoms in total. The van der Waals surface area contributed by atoms with Crippen molar-refractivity contribution in [3.8, 4) is 0 Å². The van der Waals surface area contributed by atoms with Crippen molar-refractivity contribution in [3.63, 3.8) is 0 Å². The van der Waals surface area contributed by atoms with Gasteiger partial charge in [0.25, 0.3) is 0 Å². The van der Waals surface area contributed by atoms with Gasteiger partial charge in [0.1, 0.15) is 6.04 Å². The highest BCUT2D eigenvalue weighted by Crippen LogP contribution is 2.28. The molecular weight excluding hydrogens is 495 g/mol. The number of nitrogens with two attached hydrogens (primary N) is 1. The summed E-state index contributed by atoms with van der Waals surface area (Å²) >= 11 is 12.6. The van der Waals surface area contributed by atoms with E-state index in [1.165, 1.54) is 0 Å². The summed E-state index contributed by atoms with van der Waals surface area (Å²) in [6.45, 7) is 7.33. The first-order valence-electron chi connectivity index (χ1n) is 11.6. The van der Waals surface area contributed by atoms with Crippen LogP contribution in [-0.2, 0) is 16.1 Å². The zero-order valence-electron chi connectivity index (χ0n) is 20.2. The van der Waals surface area contributed by atoms with Gasteiger partial charge in [-0.1, -0.05) is 76.9 Å². The number of benzene rings is 3. The van der Waals surface area contributed by atoms with Gasteiger partial charge in [0.05, 0.1) is 0 Å². The molecule has 188 valence electrons. The van der Waals surface area contributed by atoms with Crippen molar-refractivity contribution >= 4 is 47.3 Å². The van der Waals surface area contributed by atoms with Crippen molar-refractivity contribution in [1.29, 1.82) is 0 Å². The van der Waals surface area contributed by atoms with E-state index in [-0.39, 0.29) is 5.91 Å². The quantitative estimate of drug-likeness (QED) is 0.177. The van der Waals surface area contributed by atoms with Crippen LogP contribution in [0, 0.1) is 0 Å². The monoisotopic (exact) mass is 524 g/mol. The largest absolute Gasteiger partial charge is 0.370 e. The van der Waals surface area contributed by atoms with Crippen molar-refractivity contribution in [2.75, 3.05) is 24.5 Å². The van der Waals surface area contributed by atoms with Gasteiger partial charge in [-0.25, -0.2) is 0 Å². The molecule has 0 aliphatic rings. The standard InChI is InChI=1S/C28H30Cl2N4O2/c1-3-34(18-17-33-28(35)27(31)20-9-5-4-6-10-20)22-12-7-11-21(19-22)26(36-32-2)16-15-23-24(29)13-8-14-25(23)30/h4-14,16,19,27H,2-3,15,17-18,31H2,1H3,(H,33,35)/b26-16-. The predicted octanol–water partition coefficient (Wildman–Crippen LogP) is 5.85. The summed E-state index contributed by atoms with van der Waals surface area (Å²) in [5.41, 5.74) is 9.49. The van der Waals surface area contributed by atoms with E-state index in [1.54, 1.807) is 18.2 Å². The van der Waals surface area contributed by atoms with Crippen LogP contribution in [0.2, 0.25) is 10.0 Å². The molecule has 0 spiro atoms. The molecule has 0 saturated heterocycles. The van der Waals surface area contributed by atoms with Crippen molar-refractivity contribution < 1.29 is 9.63 Å². The van der Waals surface area contributed by atoms with E-state index >= 15 is 0 Å².